The highest BCUT2D eigenvalue weighted by Crippen LogP contribution is 2.22. The number of anilines is 2. The lowest BCUT2D eigenvalue weighted by atomic mass is 10.0. The molecule has 1 aliphatic heterocycles. The van der Waals surface area contributed by atoms with Crippen molar-refractivity contribution in [1.82, 2.24) is 4.31 Å². The first kappa shape index (κ1) is 20.4. The van der Waals surface area contributed by atoms with E-state index in [4.69, 9.17) is 0 Å². The summed E-state index contributed by atoms with van der Waals surface area (Å²) in [5, 5.41) is 5.87. The predicted molar refractivity (Wildman–Crippen MR) is 112 cm³/mol. The molecule has 0 bridgehead atoms. The van der Waals surface area contributed by atoms with Crippen LogP contribution in [0.4, 0.5) is 11.4 Å². The lowest BCUT2D eigenvalue weighted by Crippen LogP contribution is -2.27. The first-order chi connectivity index (χ1) is 13.4. The summed E-state index contributed by atoms with van der Waals surface area (Å²) in [6, 6.07) is 14.3. The molecule has 7 heteroatoms. The Bertz CT molecular complexity index is 901. The molecule has 1 saturated heterocycles. The van der Waals surface area contributed by atoms with Gasteiger partial charge in [0.15, 0.2) is 0 Å². The standard InChI is InChI=1S/C21H27N3O3S/c1-16(2)17-5-7-18(8-6-17)22-15-21(25)23-19-9-11-20(12-10-19)28(26,27)24-13-3-4-14-24/h5-12,16,22H,3-4,13-15H2,1-2H3,(H,23,25). The first-order valence-electron chi connectivity index (χ1n) is 9.60. The average Bonchev–Trinajstić information content (AvgIpc) is 3.23. The van der Waals surface area contributed by atoms with Gasteiger partial charge < -0.3 is 10.6 Å². The van der Waals surface area contributed by atoms with E-state index in [-0.39, 0.29) is 17.3 Å². The van der Waals surface area contributed by atoms with Crippen molar-refractivity contribution in [2.75, 3.05) is 30.3 Å². The third kappa shape index (κ3) is 4.91. The number of carbonyl (C=O) groups is 1. The fraction of sp³-hybridized carbons (Fsp3) is 0.381. The molecular weight excluding hydrogens is 374 g/mol. The minimum absolute atomic E-state index is 0.134. The Balaban J connectivity index is 1.54. The average molecular weight is 402 g/mol. The SMILES string of the molecule is CC(C)c1ccc(NCC(=O)Nc2ccc(S(=O)(=O)N3CCCC3)cc2)cc1. The zero-order chi connectivity index (χ0) is 20.1. The van der Waals surface area contributed by atoms with Crippen molar-refractivity contribution >= 4 is 27.3 Å². The molecule has 2 aromatic rings. The number of carbonyl (C=O) groups excluding carboxylic acids is 1. The molecule has 150 valence electrons. The number of benzene rings is 2. The molecule has 3 rings (SSSR count). The van der Waals surface area contributed by atoms with Gasteiger partial charge in [-0.1, -0.05) is 26.0 Å². The fourth-order valence-corrected chi connectivity index (χ4v) is 4.68. The maximum absolute atomic E-state index is 12.5. The number of nitrogens with one attached hydrogen (secondary N) is 2. The van der Waals surface area contributed by atoms with Crippen molar-refractivity contribution in [1.29, 1.82) is 0 Å². The van der Waals surface area contributed by atoms with Gasteiger partial charge in [-0.25, -0.2) is 8.42 Å². The Labute approximate surface area is 167 Å². The monoisotopic (exact) mass is 401 g/mol. The number of nitrogens with zero attached hydrogens (tertiary/aromatic N) is 1. The molecule has 1 aliphatic rings. The Morgan fingerprint density at radius 1 is 0.964 bits per heavy atom. The van der Waals surface area contributed by atoms with Crippen molar-refractivity contribution in [3.63, 3.8) is 0 Å². The van der Waals surface area contributed by atoms with Crippen molar-refractivity contribution in [2.45, 2.75) is 37.5 Å². The molecule has 6 nitrogen and oxygen atoms in total. The molecule has 0 atom stereocenters. The number of hydrogen-bond donors (Lipinski definition) is 2. The third-order valence-electron chi connectivity index (χ3n) is 4.87. The van der Waals surface area contributed by atoms with Crippen molar-refractivity contribution in [2.24, 2.45) is 0 Å². The van der Waals surface area contributed by atoms with Gasteiger partial charge in [0.25, 0.3) is 0 Å². The first-order valence-corrected chi connectivity index (χ1v) is 11.0. The van der Waals surface area contributed by atoms with Gasteiger partial charge in [-0.15, -0.1) is 0 Å². The fourth-order valence-electron chi connectivity index (χ4n) is 3.16. The highest BCUT2D eigenvalue weighted by atomic mass is 32.2. The summed E-state index contributed by atoms with van der Waals surface area (Å²) in [5.41, 5.74) is 2.70. The quantitative estimate of drug-likeness (QED) is 0.742. The van der Waals surface area contributed by atoms with Crippen LogP contribution in [-0.4, -0.2) is 38.3 Å². The van der Waals surface area contributed by atoms with E-state index in [0.717, 1.165) is 18.5 Å². The summed E-state index contributed by atoms with van der Waals surface area (Å²) in [6.07, 6.45) is 1.81. The lowest BCUT2D eigenvalue weighted by Gasteiger charge is -2.15. The van der Waals surface area contributed by atoms with Crippen LogP contribution in [0, 0.1) is 0 Å². The van der Waals surface area contributed by atoms with E-state index < -0.39 is 10.0 Å². The second-order valence-corrected chi connectivity index (χ2v) is 9.25. The van der Waals surface area contributed by atoms with E-state index in [1.807, 2.05) is 24.3 Å². The van der Waals surface area contributed by atoms with Gasteiger partial charge in [0.05, 0.1) is 11.4 Å². The van der Waals surface area contributed by atoms with Gasteiger partial charge in [-0.3, -0.25) is 4.79 Å². The minimum Gasteiger partial charge on any atom is -0.376 e. The van der Waals surface area contributed by atoms with Gasteiger partial charge in [0, 0.05) is 24.5 Å². The van der Waals surface area contributed by atoms with Gasteiger partial charge in [0.1, 0.15) is 0 Å². The van der Waals surface area contributed by atoms with Crippen molar-refractivity contribution in [3.8, 4) is 0 Å². The molecule has 1 heterocycles. The van der Waals surface area contributed by atoms with Gasteiger partial charge in [-0.05, 0) is 60.7 Å². The smallest absolute Gasteiger partial charge is 0.243 e. The van der Waals surface area contributed by atoms with E-state index in [1.54, 1.807) is 24.3 Å². The Hall–Kier alpha value is -2.38. The summed E-state index contributed by atoms with van der Waals surface area (Å²) in [7, 11) is -3.43. The van der Waals surface area contributed by atoms with Crippen LogP contribution in [-0.2, 0) is 14.8 Å². The van der Waals surface area contributed by atoms with E-state index in [0.29, 0.717) is 24.7 Å². The maximum Gasteiger partial charge on any atom is 0.243 e. The van der Waals surface area contributed by atoms with Crippen LogP contribution in [0.2, 0.25) is 0 Å². The van der Waals surface area contributed by atoms with Crippen LogP contribution in [0.1, 0.15) is 38.2 Å². The second kappa shape index (κ2) is 8.75. The zero-order valence-electron chi connectivity index (χ0n) is 16.3. The Morgan fingerprint density at radius 3 is 2.11 bits per heavy atom. The third-order valence-corrected chi connectivity index (χ3v) is 6.78. The van der Waals surface area contributed by atoms with Crippen LogP contribution in [0.15, 0.2) is 53.4 Å². The molecule has 2 N–H and O–H groups in total. The van der Waals surface area contributed by atoms with E-state index in [9.17, 15) is 13.2 Å². The Morgan fingerprint density at radius 2 is 1.54 bits per heavy atom. The molecule has 28 heavy (non-hydrogen) atoms. The largest absolute Gasteiger partial charge is 0.376 e. The molecule has 0 saturated carbocycles. The van der Waals surface area contributed by atoms with Crippen molar-refractivity contribution < 1.29 is 13.2 Å². The maximum atomic E-state index is 12.5. The van der Waals surface area contributed by atoms with Crippen LogP contribution in [0.5, 0.6) is 0 Å². The molecule has 0 aliphatic carbocycles. The lowest BCUT2D eigenvalue weighted by molar-refractivity contribution is -0.114. The summed E-state index contributed by atoms with van der Waals surface area (Å²) >= 11 is 0. The summed E-state index contributed by atoms with van der Waals surface area (Å²) in [6.45, 7) is 5.55. The summed E-state index contributed by atoms with van der Waals surface area (Å²) in [5.74, 6) is 0.276. The second-order valence-electron chi connectivity index (χ2n) is 7.31. The van der Waals surface area contributed by atoms with E-state index in [2.05, 4.69) is 24.5 Å². The number of sulfonamides is 1. The number of amides is 1. The number of hydrogen-bond acceptors (Lipinski definition) is 4. The molecule has 0 unspecified atom stereocenters. The van der Waals surface area contributed by atoms with Gasteiger partial charge in [0.2, 0.25) is 15.9 Å². The molecule has 1 amide bonds. The van der Waals surface area contributed by atoms with E-state index >= 15 is 0 Å². The van der Waals surface area contributed by atoms with Crippen molar-refractivity contribution in [3.05, 3.63) is 54.1 Å². The molecule has 0 aromatic heterocycles. The normalized spacial score (nSPS) is 15.0. The molecule has 1 fully saturated rings. The van der Waals surface area contributed by atoms with Crippen LogP contribution >= 0.6 is 0 Å². The minimum atomic E-state index is -3.43. The summed E-state index contributed by atoms with van der Waals surface area (Å²) < 4.78 is 26.6. The Kier molecular flexibility index (Phi) is 6.36. The topological polar surface area (TPSA) is 78.5 Å². The molecule has 0 radical (unpaired) electrons. The van der Waals surface area contributed by atoms with Crippen LogP contribution in [0.3, 0.4) is 0 Å². The highest BCUT2D eigenvalue weighted by molar-refractivity contribution is 7.89. The van der Waals surface area contributed by atoms with Gasteiger partial charge >= 0.3 is 0 Å². The zero-order valence-corrected chi connectivity index (χ0v) is 17.1. The molecule has 2 aromatic carbocycles. The van der Waals surface area contributed by atoms with Gasteiger partial charge in [-0.2, -0.15) is 4.31 Å². The molecule has 0 spiro atoms. The van der Waals surface area contributed by atoms with Crippen LogP contribution in [0.25, 0.3) is 0 Å². The van der Waals surface area contributed by atoms with Crippen LogP contribution < -0.4 is 10.6 Å². The molecular formula is C21H27N3O3S. The van der Waals surface area contributed by atoms with E-state index in [1.165, 1.54) is 9.87 Å². The predicted octanol–water partition coefficient (Wildman–Crippen LogP) is 3.65. The number of rotatable bonds is 7. The summed E-state index contributed by atoms with van der Waals surface area (Å²) in [4.78, 5) is 12.4. The highest BCUT2D eigenvalue weighted by Gasteiger charge is 2.26.